The molecule has 2 rings (SSSR count). The number of aromatic nitrogens is 2. The fourth-order valence-electron chi connectivity index (χ4n) is 3.03. The number of carbonyl (C=O) groups is 1. The van der Waals surface area contributed by atoms with Gasteiger partial charge in [-0.15, -0.1) is 12.4 Å². The van der Waals surface area contributed by atoms with Crippen LogP contribution in [0, 0.1) is 19.8 Å². The van der Waals surface area contributed by atoms with Crippen LogP contribution in [-0.2, 0) is 11.8 Å². The van der Waals surface area contributed by atoms with Crippen LogP contribution in [0.2, 0.25) is 0 Å². The van der Waals surface area contributed by atoms with Crippen molar-refractivity contribution in [3.63, 3.8) is 0 Å². The molecule has 1 aliphatic rings. The summed E-state index contributed by atoms with van der Waals surface area (Å²) in [6.07, 6.45) is 4.48. The SMILES string of the molecule is Cc1nn(C)c(C)c1OCC(=O)NC1CCCCC1CN.Cl. The first-order chi connectivity index (χ1) is 10.0. The number of ether oxygens (including phenoxy) is 1. The van der Waals surface area contributed by atoms with E-state index in [2.05, 4.69) is 10.4 Å². The maximum Gasteiger partial charge on any atom is 0.258 e. The Balaban J connectivity index is 0.00000242. The highest BCUT2D eigenvalue weighted by atomic mass is 35.5. The maximum absolute atomic E-state index is 12.1. The Morgan fingerprint density at radius 2 is 2.09 bits per heavy atom. The number of hydrogen-bond donors (Lipinski definition) is 2. The lowest BCUT2D eigenvalue weighted by Crippen LogP contribution is -2.46. The lowest BCUT2D eigenvalue weighted by molar-refractivity contribution is -0.124. The molecule has 0 saturated heterocycles. The number of amides is 1. The van der Waals surface area contributed by atoms with Gasteiger partial charge in [0.25, 0.3) is 5.91 Å². The molecule has 1 fully saturated rings. The quantitative estimate of drug-likeness (QED) is 0.856. The third kappa shape index (κ3) is 4.36. The van der Waals surface area contributed by atoms with Gasteiger partial charge in [0.15, 0.2) is 12.4 Å². The van der Waals surface area contributed by atoms with Gasteiger partial charge >= 0.3 is 0 Å². The molecule has 3 N–H and O–H groups in total. The van der Waals surface area contributed by atoms with Gasteiger partial charge in [-0.2, -0.15) is 5.10 Å². The van der Waals surface area contributed by atoms with Crippen molar-refractivity contribution in [2.75, 3.05) is 13.2 Å². The number of rotatable bonds is 5. The van der Waals surface area contributed by atoms with E-state index < -0.39 is 0 Å². The van der Waals surface area contributed by atoms with Crippen LogP contribution in [0.1, 0.15) is 37.1 Å². The predicted octanol–water partition coefficient (Wildman–Crippen LogP) is 1.47. The Labute approximate surface area is 138 Å². The van der Waals surface area contributed by atoms with Crippen molar-refractivity contribution < 1.29 is 9.53 Å². The molecule has 0 aliphatic heterocycles. The van der Waals surface area contributed by atoms with Crippen LogP contribution in [0.3, 0.4) is 0 Å². The number of aryl methyl sites for hydroxylation is 2. The molecular weight excluding hydrogens is 304 g/mol. The first-order valence-electron chi connectivity index (χ1n) is 7.65. The van der Waals surface area contributed by atoms with Crippen LogP contribution in [0.15, 0.2) is 0 Å². The highest BCUT2D eigenvalue weighted by Gasteiger charge is 2.25. The van der Waals surface area contributed by atoms with E-state index in [0.717, 1.165) is 30.7 Å². The van der Waals surface area contributed by atoms with Crippen LogP contribution in [-0.4, -0.2) is 34.9 Å². The summed E-state index contributed by atoms with van der Waals surface area (Å²) in [6, 6.07) is 0.191. The van der Waals surface area contributed by atoms with E-state index in [1.165, 1.54) is 6.42 Å². The minimum Gasteiger partial charge on any atom is -0.480 e. The number of nitrogens with zero attached hydrogens (tertiary/aromatic N) is 2. The molecule has 0 bridgehead atoms. The maximum atomic E-state index is 12.1. The standard InChI is InChI=1S/C15H26N4O2.ClH/c1-10-15(11(2)19(3)18-10)21-9-14(20)17-13-7-5-4-6-12(13)8-16;/h12-13H,4-9,16H2,1-3H3,(H,17,20);1H. The highest BCUT2D eigenvalue weighted by molar-refractivity contribution is 5.85. The molecule has 2 unspecified atom stereocenters. The van der Waals surface area contributed by atoms with Crippen molar-refractivity contribution in [3.05, 3.63) is 11.4 Å². The van der Waals surface area contributed by atoms with E-state index in [1.54, 1.807) is 4.68 Å². The summed E-state index contributed by atoms with van der Waals surface area (Å²) in [4.78, 5) is 12.1. The Bertz CT molecular complexity index is 504. The molecule has 7 heteroatoms. The van der Waals surface area contributed by atoms with Gasteiger partial charge in [-0.1, -0.05) is 12.8 Å². The Morgan fingerprint density at radius 3 is 2.68 bits per heavy atom. The molecule has 0 aromatic carbocycles. The first kappa shape index (κ1) is 18.8. The van der Waals surface area contributed by atoms with Gasteiger partial charge < -0.3 is 15.8 Å². The highest BCUT2D eigenvalue weighted by Crippen LogP contribution is 2.24. The molecule has 1 aromatic rings. The summed E-state index contributed by atoms with van der Waals surface area (Å²) in [5.41, 5.74) is 7.52. The molecule has 1 saturated carbocycles. The van der Waals surface area contributed by atoms with Crippen LogP contribution < -0.4 is 15.8 Å². The fourth-order valence-corrected chi connectivity index (χ4v) is 3.03. The van der Waals surface area contributed by atoms with Gasteiger partial charge in [-0.3, -0.25) is 9.48 Å². The average molecular weight is 331 g/mol. The second-order valence-corrected chi connectivity index (χ2v) is 5.87. The fraction of sp³-hybridized carbons (Fsp3) is 0.733. The van der Waals surface area contributed by atoms with E-state index in [4.69, 9.17) is 10.5 Å². The van der Waals surface area contributed by atoms with Gasteiger partial charge in [-0.05, 0) is 39.2 Å². The normalized spacial score (nSPS) is 21.1. The predicted molar refractivity (Wildman–Crippen MR) is 88.4 cm³/mol. The summed E-state index contributed by atoms with van der Waals surface area (Å²) in [7, 11) is 1.86. The van der Waals surface area contributed by atoms with Crippen molar-refractivity contribution in [2.24, 2.45) is 18.7 Å². The molecule has 22 heavy (non-hydrogen) atoms. The van der Waals surface area contributed by atoms with Gasteiger partial charge in [-0.25, -0.2) is 0 Å². The van der Waals surface area contributed by atoms with Crippen LogP contribution in [0.4, 0.5) is 0 Å². The third-order valence-corrected chi connectivity index (χ3v) is 4.35. The molecule has 0 radical (unpaired) electrons. The number of carbonyl (C=O) groups excluding carboxylic acids is 1. The molecule has 1 amide bonds. The van der Waals surface area contributed by atoms with E-state index in [1.807, 2.05) is 20.9 Å². The molecule has 0 spiro atoms. The molecule has 1 heterocycles. The number of nitrogens with two attached hydrogens (primary N) is 1. The average Bonchev–Trinajstić information content (AvgIpc) is 2.71. The zero-order valence-corrected chi connectivity index (χ0v) is 14.4. The second kappa shape index (κ2) is 8.39. The molecule has 126 valence electrons. The zero-order valence-electron chi connectivity index (χ0n) is 13.6. The minimum atomic E-state index is -0.0806. The molecular formula is C15H27ClN4O2. The molecule has 1 aliphatic carbocycles. The first-order valence-corrected chi connectivity index (χ1v) is 7.65. The molecule has 1 aromatic heterocycles. The summed E-state index contributed by atoms with van der Waals surface area (Å²) < 4.78 is 7.39. The zero-order chi connectivity index (χ0) is 15.4. The Kier molecular flexibility index (Phi) is 7.16. The van der Waals surface area contributed by atoms with E-state index in [0.29, 0.717) is 18.2 Å². The minimum absolute atomic E-state index is 0. The van der Waals surface area contributed by atoms with Crippen LogP contribution >= 0.6 is 12.4 Å². The topological polar surface area (TPSA) is 82.2 Å². The summed E-state index contributed by atoms with van der Waals surface area (Å²) >= 11 is 0. The monoisotopic (exact) mass is 330 g/mol. The van der Waals surface area contributed by atoms with Crippen LogP contribution in [0.5, 0.6) is 5.75 Å². The van der Waals surface area contributed by atoms with Crippen LogP contribution in [0.25, 0.3) is 0 Å². The number of halogens is 1. The lowest BCUT2D eigenvalue weighted by Gasteiger charge is -2.31. The third-order valence-electron chi connectivity index (χ3n) is 4.35. The molecule has 2 atom stereocenters. The van der Waals surface area contributed by atoms with E-state index in [9.17, 15) is 4.79 Å². The Morgan fingerprint density at radius 1 is 1.41 bits per heavy atom. The lowest BCUT2D eigenvalue weighted by atomic mass is 9.84. The van der Waals surface area contributed by atoms with Gasteiger partial charge in [0, 0.05) is 13.1 Å². The smallest absolute Gasteiger partial charge is 0.258 e. The Hall–Kier alpha value is -1.27. The van der Waals surface area contributed by atoms with Crippen molar-refractivity contribution >= 4 is 18.3 Å². The van der Waals surface area contributed by atoms with Crippen molar-refractivity contribution in [3.8, 4) is 5.75 Å². The summed E-state index contributed by atoms with van der Waals surface area (Å²) in [5.74, 6) is 1.01. The number of hydrogen-bond acceptors (Lipinski definition) is 4. The second-order valence-electron chi connectivity index (χ2n) is 5.87. The van der Waals surface area contributed by atoms with Crippen molar-refractivity contribution in [1.29, 1.82) is 0 Å². The summed E-state index contributed by atoms with van der Waals surface area (Å²) in [6.45, 7) is 4.47. The molecule has 6 nitrogen and oxygen atoms in total. The summed E-state index contributed by atoms with van der Waals surface area (Å²) in [5, 5.41) is 7.34. The van der Waals surface area contributed by atoms with Gasteiger partial charge in [0.2, 0.25) is 0 Å². The van der Waals surface area contributed by atoms with Crippen molar-refractivity contribution in [2.45, 2.75) is 45.6 Å². The van der Waals surface area contributed by atoms with Gasteiger partial charge in [0.05, 0.1) is 5.69 Å². The van der Waals surface area contributed by atoms with Gasteiger partial charge in [0.1, 0.15) is 5.69 Å². The van der Waals surface area contributed by atoms with E-state index in [-0.39, 0.29) is 31.0 Å². The largest absolute Gasteiger partial charge is 0.480 e. The van der Waals surface area contributed by atoms with Crippen molar-refractivity contribution in [1.82, 2.24) is 15.1 Å². The van der Waals surface area contributed by atoms with E-state index >= 15 is 0 Å². The number of nitrogens with one attached hydrogen (secondary N) is 1.